The van der Waals surface area contributed by atoms with E-state index < -0.39 is 0 Å². The fraction of sp³-hybridized carbons (Fsp3) is 0.625. The number of hydrogen-bond donors (Lipinski definition) is 1. The van der Waals surface area contributed by atoms with Gasteiger partial charge in [0.2, 0.25) is 0 Å². The Bertz CT molecular complexity index is 373. The van der Waals surface area contributed by atoms with Crippen molar-refractivity contribution in [3.05, 3.63) is 35.6 Å². The molecule has 3 heteroatoms. The molecule has 1 aliphatic carbocycles. The summed E-state index contributed by atoms with van der Waals surface area (Å²) in [5.41, 5.74) is 1.18. The second-order valence-electron chi connectivity index (χ2n) is 5.66. The minimum atomic E-state index is -0.162. The van der Waals surface area contributed by atoms with E-state index in [-0.39, 0.29) is 5.82 Å². The third kappa shape index (κ3) is 4.92. The summed E-state index contributed by atoms with van der Waals surface area (Å²) in [7, 11) is 2.20. The maximum Gasteiger partial charge on any atom is 0.123 e. The van der Waals surface area contributed by atoms with Crippen LogP contribution in [0.3, 0.4) is 0 Å². The molecular formula is C16H25FN2. The Morgan fingerprint density at radius 3 is 2.58 bits per heavy atom. The van der Waals surface area contributed by atoms with E-state index >= 15 is 0 Å². The van der Waals surface area contributed by atoms with Crippen molar-refractivity contribution in [1.82, 2.24) is 10.2 Å². The Balaban J connectivity index is 1.85. The van der Waals surface area contributed by atoms with Crippen molar-refractivity contribution in [2.45, 2.75) is 32.2 Å². The van der Waals surface area contributed by atoms with Gasteiger partial charge in [0.1, 0.15) is 5.82 Å². The summed E-state index contributed by atoms with van der Waals surface area (Å²) in [6, 6.07) is 7.21. The molecule has 1 aromatic rings. The minimum absolute atomic E-state index is 0.162. The Labute approximate surface area is 116 Å². The van der Waals surface area contributed by atoms with Gasteiger partial charge in [0.05, 0.1) is 0 Å². The zero-order valence-corrected chi connectivity index (χ0v) is 12.0. The van der Waals surface area contributed by atoms with Crippen LogP contribution in [0.4, 0.5) is 4.39 Å². The molecule has 0 spiro atoms. The normalized spacial score (nSPS) is 16.8. The lowest BCUT2D eigenvalue weighted by atomic mass is 10.0. The molecule has 1 unspecified atom stereocenters. The number of hydrogen-bond acceptors (Lipinski definition) is 2. The molecular weight excluding hydrogens is 239 g/mol. The minimum Gasteiger partial charge on any atom is -0.310 e. The van der Waals surface area contributed by atoms with E-state index in [1.54, 1.807) is 12.1 Å². The van der Waals surface area contributed by atoms with Crippen LogP contribution in [0.15, 0.2) is 24.3 Å². The zero-order chi connectivity index (χ0) is 13.7. The molecule has 0 heterocycles. The molecule has 1 fully saturated rings. The molecule has 2 rings (SSSR count). The Hall–Kier alpha value is -0.930. The Morgan fingerprint density at radius 1 is 1.32 bits per heavy atom. The molecule has 0 radical (unpaired) electrons. The van der Waals surface area contributed by atoms with Crippen molar-refractivity contribution in [1.29, 1.82) is 0 Å². The van der Waals surface area contributed by atoms with E-state index in [1.807, 2.05) is 12.1 Å². The number of rotatable bonds is 8. The molecule has 0 aromatic heterocycles. The van der Waals surface area contributed by atoms with Crippen LogP contribution in [0.25, 0.3) is 0 Å². The fourth-order valence-electron chi connectivity index (χ4n) is 2.51. The molecule has 19 heavy (non-hydrogen) atoms. The summed E-state index contributed by atoms with van der Waals surface area (Å²) in [6.07, 6.45) is 3.88. The molecule has 0 saturated heterocycles. The average Bonchev–Trinajstić information content (AvgIpc) is 3.19. The SMILES string of the molecule is CCNC(CCN(C)CC1CC1)c1ccc(F)cc1. The van der Waals surface area contributed by atoms with E-state index in [9.17, 15) is 4.39 Å². The molecule has 0 bridgehead atoms. The van der Waals surface area contributed by atoms with Gasteiger partial charge in [0.15, 0.2) is 0 Å². The lowest BCUT2D eigenvalue weighted by Gasteiger charge is -2.22. The first kappa shape index (κ1) is 14.5. The molecule has 2 nitrogen and oxygen atoms in total. The second kappa shape index (κ2) is 7.01. The van der Waals surface area contributed by atoms with Crippen LogP contribution in [0.2, 0.25) is 0 Å². The van der Waals surface area contributed by atoms with Gasteiger partial charge in [-0.1, -0.05) is 19.1 Å². The molecule has 0 aliphatic heterocycles. The predicted molar refractivity (Wildman–Crippen MR) is 77.7 cm³/mol. The molecule has 1 saturated carbocycles. The number of nitrogens with zero attached hydrogens (tertiary/aromatic N) is 1. The number of halogens is 1. The highest BCUT2D eigenvalue weighted by Crippen LogP contribution is 2.29. The average molecular weight is 264 g/mol. The van der Waals surface area contributed by atoms with Crippen LogP contribution in [0, 0.1) is 11.7 Å². The quantitative estimate of drug-likeness (QED) is 0.775. The highest BCUT2D eigenvalue weighted by atomic mass is 19.1. The highest BCUT2D eigenvalue weighted by Gasteiger charge is 2.23. The van der Waals surface area contributed by atoms with Gasteiger partial charge >= 0.3 is 0 Å². The maximum atomic E-state index is 13.0. The monoisotopic (exact) mass is 264 g/mol. The summed E-state index contributed by atoms with van der Waals surface area (Å²) in [5.74, 6) is 0.776. The fourth-order valence-corrected chi connectivity index (χ4v) is 2.51. The molecule has 1 aliphatic rings. The lowest BCUT2D eigenvalue weighted by Crippen LogP contribution is -2.28. The van der Waals surface area contributed by atoms with Crippen molar-refractivity contribution in [2.24, 2.45) is 5.92 Å². The van der Waals surface area contributed by atoms with Crippen molar-refractivity contribution in [3.63, 3.8) is 0 Å². The third-order valence-corrected chi connectivity index (χ3v) is 3.79. The van der Waals surface area contributed by atoms with E-state index in [1.165, 1.54) is 24.9 Å². The molecule has 0 amide bonds. The van der Waals surface area contributed by atoms with Gasteiger partial charge in [-0.2, -0.15) is 0 Å². The summed E-state index contributed by atoms with van der Waals surface area (Å²) in [5, 5.41) is 3.49. The summed E-state index contributed by atoms with van der Waals surface area (Å²) in [6.45, 7) is 5.37. The second-order valence-corrected chi connectivity index (χ2v) is 5.66. The van der Waals surface area contributed by atoms with Crippen LogP contribution in [0.5, 0.6) is 0 Å². The first-order valence-corrected chi connectivity index (χ1v) is 7.36. The smallest absolute Gasteiger partial charge is 0.123 e. The van der Waals surface area contributed by atoms with E-state index in [0.717, 1.165) is 25.4 Å². The van der Waals surface area contributed by atoms with Gasteiger partial charge in [-0.15, -0.1) is 0 Å². The number of nitrogens with one attached hydrogen (secondary N) is 1. The zero-order valence-electron chi connectivity index (χ0n) is 12.0. The standard InChI is InChI=1S/C16H25FN2/c1-3-18-16(14-6-8-15(17)9-7-14)10-11-19(2)12-13-4-5-13/h6-9,13,16,18H,3-5,10-12H2,1-2H3. The van der Waals surface area contributed by atoms with Crippen LogP contribution in [-0.2, 0) is 0 Å². The Kier molecular flexibility index (Phi) is 5.34. The molecule has 1 N–H and O–H groups in total. The summed E-state index contributed by atoms with van der Waals surface area (Å²) < 4.78 is 13.0. The summed E-state index contributed by atoms with van der Waals surface area (Å²) >= 11 is 0. The number of benzene rings is 1. The molecule has 106 valence electrons. The van der Waals surface area contributed by atoms with Crippen LogP contribution < -0.4 is 5.32 Å². The van der Waals surface area contributed by atoms with Gasteiger partial charge < -0.3 is 10.2 Å². The van der Waals surface area contributed by atoms with Gasteiger partial charge in [-0.25, -0.2) is 4.39 Å². The van der Waals surface area contributed by atoms with Crippen LogP contribution >= 0.6 is 0 Å². The van der Waals surface area contributed by atoms with Gasteiger partial charge in [0.25, 0.3) is 0 Å². The van der Waals surface area contributed by atoms with Crippen molar-refractivity contribution in [2.75, 3.05) is 26.7 Å². The summed E-state index contributed by atoms with van der Waals surface area (Å²) in [4.78, 5) is 2.42. The van der Waals surface area contributed by atoms with E-state index in [0.29, 0.717) is 6.04 Å². The third-order valence-electron chi connectivity index (χ3n) is 3.79. The van der Waals surface area contributed by atoms with E-state index in [2.05, 4.69) is 24.2 Å². The van der Waals surface area contributed by atoms with Gasteiger partial charge in [-0.05, 0) is 63.0 Å². The van der Waals surface area contributed by atoms with Gasteiger partial charge in [0, 0.05) is 12.6 Å². The van der Waals surface area contributed by atoms with Crippen molar-refractivity contribution in [3.8, 4) is 0 Å². The highest BCUT2D eigenvalue weighted by molar-refractivity contribution is 5.19. The van der Waals surface area contributed by atoms with Crippen molar-refractivity contribution < 1.29 is 4.39 Å². The maximum absolute atomic E-state index is 13.0. The molecule has 1 atom stereocenters. The topological polar surface area (TPSA) is 15.3 Å². The largest absolute Gasteiger partial charge is 0.310 e. The van der Waals surface area contributed by atoms with Gasteiger partial charge in [-0.3, -0.25) is 0 Å². The molecule has 1 aromatic carbocycles. The lowest BCUT2D eigenvalue weighted by molar-refractivity contribution is 0.297. The van der Waals surface area contributed by atoms with E-state index in [4.69, 9.17) is 0 Å². The van der Waals surface area contributed by atoms with Crippen LogP contribution in [0.1, 0.15) is 37.8 Å². The predicted octanol–water partition coefficient (Wildman–Crippen LogP) is 3.21. The van der Waals surface area contributed by atoms with Crippen LogP contribution in [-0.4, -0.2) is 31.6 Å². The van der Waals surface area contributed by atoms with Crippen molar-refractivity contribution >= 4 is 0 Å². The first-order valence-electron chi connectivity index (χ1n) is 7.36. The first-order chi connectivity index (χ1) is 9.19. The Morgan fingerprint density at radius 2 is 2.00 bits per heavy atom.